The Hall–Kier alpha value is -2.56. The second kappa shape index (κ2) is 6.39. The molecule has 0 unspecified atom stereocenters. The van der Waals surface area contributed by atoms with E-state index < -0.39 is 53.3 Å². The van der Waals surface area contributed by atoms with Crippen LogP contribution in [0.4, 0.5) is 32.0 Å². The van der Waals surface area contributed by atoms with E-state index in [9.17, 15) is 35.9 Å². The van der Waals surface area contributed by atoms with Gasteiger partial charge in [0.1, 0.15) is 5.70 Å². The van der Waals surface area contributed by atoms with Gasteiger partial charge >= 0.3 is 12.4 Å². The molecule has 25 heavy (non-hydrogen) atoms. The number of halogens is 6. The summed E-state index contributed by atoms with van der Waals surface area (Å²) in [4.78, 5) is 24.0. The van der Waals surface area contributed by atoms with Crippen LogP contribution in [0.15, 0.2) is 30.0 Å². The highest BCUT2D eigenvalue weighted by atomic mass is 19.4. The Morgan fingerprint density at radius 1 is 1.04 bits per heavy atom. The number of carbonyl (C=O) groups is 2. The summed E-state index contributed by atoms with van der Waals surface area (Å²) >= 11 is 0. The highest BCUT2D eigenvalue weighted by Crippen LogP contribution is 2.40. The molecule has 1 aliphatic heterocycles. The molecule has 0 atom stereocenters. The smallest absolute Gasteiger partial charge is 0.395 e. The van der Waals surface area contributed by atoms with E-state index in [0.717, 1.165) is 0 Å². The molecule has 0 radical (unpaired) electrons. The molecule has 0 saturated carbocycles. The lowest BCUT2D eigenvalue weighted by Gasteiger charge is -2.18. The number of carbonyl (C=O) groups excluding carboxylic acids is 2. The van der Waals surface area contributed by atoms with Crippen molar-refractivity contribution in [2.24, 2.45) is 0 Å². The van der Waals surface area contributed by atoms with Crippen LogP contribution >= 0.6 is 0 Å². The summed E-state index contributed by atoms with van der Waals surface area (Å²) in [6.45, 7) is -0.912. The van der Waals surface area contributed by atoms with Gasteiger partial charge in [0.25, 0.3) is 11.8 Å². The summed E-state index contributed by atoms with van der Waals surface area (Å²) in [7, 11) is 0. The number of rotatable bonds is 4. The van der Waals surface area contributed by atoms with E-state index in [1.54, 1.807) is 0 Å². The molecule has 0 aliphatic carbocycles. The van der Waals surface area contributed by atoms with Crippen LogP contribution in [-0.2, 0) is 21.9 Å². The first-order valence-corrected chi connectivity index (χ1v) is 6.69. The molecule has 2 rings (SSSR count). The number of anilines is 1. The summed E-state index contributed by atoms with van der Waals surface area (Å²) in [6.07, 6.45) is -9.40. The molecule has 0 aromatic heterocycles. The van der Waals surface area contributed by atoms with Gasteiger partial charge in [0.15, 0.2) is 0 Å². The Morgan fingerprint density at radius 3 is 2.20 bits per heavy atom. The number of β-amino-alcohol motifs (C(OH)–C–C–N with tert-alkyl or cyclic N) is 1. The molecule has 1 heterocycles. The van der Waals surface area contributed by atoms with Crippen molar-refractivity contribution in [3.05, 3.63) is 41.1 Å². The maximum atomic E-state index is 13.0. The van der Waals surface area contributed by atoms with Gasteiger partial charge in [0.2, 0.25) is 0 Å². The lowest BCUT2D eigenvalue weighted by molar-refractivity contribution is -0.143. The van der Waals surface area contributed by atoms with Crippen molar-refractivity contribution in [3.63, 3.8) is 0 Å². The number of hydrogen-bond donors (Lipinski definition) is 2. The average Bonchev–Trinajstić information content (AvgIpc) is 2.73. The average molecular weight is 368 g/mol. The van der Waals surface area contributed by atoms with Crippen LogP contribution in [-0.4, -0.2) is 35.0 Å². The van der Waals surface area contributed by atoms with Gasteiger partial charge in [-0.3, -0.25) is 14.5 Å². The lowest BCUT2D eigenvalue weighted by Crippen LogP contribution is -2.34. The van der Waals surface area contributed by atoms with Crippen molar-refractivity contribution in [3.8, 4) is 0 Å². The molecule has 136 valence electrons. The Morgan fingerprint density at radius 2 is 1.68 bits per heavy atom. The molecular weight excluding hydrogens is 358 g/mol. The van der Waals surface area contributed by atoms with Gasteiger partial charge in [-0.15, -0.1) is 0 Å². The number of hydrogen-bond acceptors (Lipinski definition) is 4. The van der Waals surface area contributed by atoms with Gasteiger partial charge in [0, 0.05) is 6.08 Å². The Balaban J connectivity index is 2.39. The van der Waals surface area contributed by atoms with Crippen molar-refractivity contribution < 1.29 is 41.0 Å². The second-order valence-electron chi connectivity index (χ2n) is 4.96. The van der Waals surface area contributed by atoms with Gasteiger partial charge < -0.3 is 10.4 Å². The SMILES string of the molecule is O=C1C=C(Nc2ccc(C(F)(F)F)cc2C(F)(F)F)C(=O)N1CCO. The molecule has 0 saturated heterocycles. The Kier molecular flexibility index (Phi) is 4.80. The molecule has 1 aromatic carbocycles. The van der Waals surface area contributed by atoms with Crippen LogP contribution < -0.4 is 5.32 Å². The number of nitrogens with zero attached hydrogens (tertiary/aromatic N) is 1. The first-order valence-electron chi connectivity index (χ1n) is 6.69. The summed E-state index contributed by atoms with van der Waals surface area (Å²) in [5, 5.41) is 10.8. The molecule has 1 aliphatic rings. The lowest BCUT2D eigenvalue weighted by atomic mass is 10.1. The maximum Gasteiger partial charge on any atom is 0.418 e. The van der Waals surface area contributed by atoms with Crippen LogP contribution in [0.5, 0.6) is 0 Å². The minimum Gasteiger partial charge on any atom is -0.395 e. The third-order valence-electron chi connectivity index (χ3n) is 3.25. The number of benzene rings is 1. The van der Waals surface area contributed by atoms with Gasteiger partial charge in [-0.1, -0.05) is 0 Å². The first-order chi connectivity index (χ1) is 11.4. The van der Waals surface area contributed by atoms with E-state index in [4.69, 9.17) is 5.11 Å². The highest BCUT2D eigenvalue weighted by Gasteiger charge is 2.39. The van der Waals surface area contributed by atoms with E-state index in [2.05, 4.69) is 0 Å². The number of imide groups is 1. The van der Waals surface area contributed by atoms with Crippen molar-refractivity contribution in [1.82, 2.24) is 4.90 Å². The zero-order valence-corrected chi connectivity index (χ0v) is 12.2. The molecule has 0 spiro atoms. The van der Waals surface area contributed by atoms with Crippen molar-refractivity contribution in [2.75, 3.05) is 18.5 Å². The van der Waals surface area contributed by atoms with E-state index in [0.29, 0.717) is 23.1 Å². The second-order valence-corrected chi connectivity index (χ2v) is 4.96. The summed E-state index contributed by atoms with van der Waals surface area (Å²) in [6, 6.07) is 0.861. The quantitative estimate of drug-likeness (QED) is 0.633. The fraction of sp³-hybridized carbons (Fsp3) is 0.286. The predicted octanol–water partition coefficient (Wildman–Crippen LogP) is 2.38. The third kappa shape index (κ3) is 3.92. The topological polar surface area (TPSA) is 69.6 Å². The molecular formula is C14H10F6N2O3. The van der Waals surface area contributed by atoms with E-state index in [-0.39, 0.29) is 12.6 Å². The Bertz CT molecular complexity index is 739. The zero-order chi connectivity index (χ0) is 19.0. The minimum atomic E-state index is -5.12. The van der Waals surface area contributed by atoms with Crippen LogP contribution in [0.1, 0.15) is 11.1 Å². The fourth-order valence-corrected chi connectivity index (χ4v) is 2.12. The molecule has 11 heteroatoms. The number of nitrogens with one attached hydrogen (secondary N) is 1. The molecule has 2 amide bonds. The molecule has 0 fully saturated rings. The number of aliphatic hydroxyl groups excluding tert-OH is 1. The third-order valence-corrected chi connectivity index (χ3v) is 3.25. The largest absolute Gasteiger partial charge is 0.418 e. The zero-order valence-electron chi connectivity index (χ0n) is 12.2. The fourth-order valence-electron chi connectivity index (χ4n) is 2.12. The summed E-state index contributed by atoms with van der Waals surface area (Å²) < 4.78 is 77.0. The number of amides is 2. The molecule has 1 aromatic rings. The maximum absolute atomic E-state index is 13.0. The van der Waals surface area contributed by atoms with Crippen LogP contribution in [0.3, 0.4) is 0 Å². The van der Waals surface area contributed by atoms with E-state index in [1.807, 2.05) is 5.32 Å². The van der Waals surface area contributed by atoms with Gasteiger partial charge in [-0.05, 0) is 18.2 Å². The number of aliphatic hydroxyl groups is 1. The molecule has 2 N–H and O–H groups in total. The van der Waals surface area contributed by atoms with Crippen molar-refractivity contribution >= 4 is 17.5 Å². The van der Waals surface area contributed by atoms with Crippen LogP contribution in [0.2, 0.25) is 0 Å². The van der Waals surface area contributed by atoms with E-state index in [1.165, 1.54) is 0 Å². The number of alkyl halides is 6. The normalized spacial score (nSPS) is 15.6. The van der Waals surface area contributed by atoms with Crippen molar-refractivity contribution in [1.29, 1.82) is 0 Å². The van der Waals surface area contributed by atoms with E-state index >= 15 is 0 Å². The standard InChI is InChI=1S/C14H10F6N2O3/c15-13(16,17)7-1-2-9(8(5-7)14(18,19)20)21-10-6-11(24)22(3-4-23)12(10)25/h1-2,5-6,21,23H,3-4H2. The van der Waals surface area contributed by atoms with Gasteiger partial charge in [0.05, 0.1) is 30.0 Å². The molecule has 5 nitrogen and oxygen atoms in total. The first kappa shape index (κ1) is 18.8. The van der Waals surface area contributed by atoms with Gasteiger partial charge in [-0.25, -0.2) is 0 Å². The summed E-state index contributed by atoms with van der Waals surface area (Å²) in [5.41, 5.74) is -4.48. The van der Waals surface area contributed by atoms with Crippen LogP contribution in [0.25, 0.3) is 0 Å². The summed E-state index contributed by atoms with van der Waals surface area (Å²) in [5.74, 6) is -1.85. The van der Waals surface area contributed by atoms with Crippen molar-refractivity contribution in [2.45, 2.75) is 12.4 Å². The Labute approximate surface area is 136 Å². The monoisotopic (exact) mass is 368 g/mol. The highest BCUT2D eigenvalue weighted by molar-refractivity contribution is 6.17. The minimum absolute atomic E-state index is 0.0877. The van der Waals surface area contributed by atoms with Gasteiger partial charge in [-0.2, -0.15) is 26.3 Å². The molecule has 0 bridgehead atoms. The predicted molar refractivity (Wildman–Crippen MR) is 72.0 cm³/mol. The van der Waals surface area contributed by atoms with Crippen LogP contribution in [0, 0.1) is 0 Å².